The molecule has 1 aliphatic carbocycles. The first-order chi connectivity index (χ1) is 19.5. The van der Waals surface area contributed by atoms with Gasteiger partial charge in [-0.2, -0.15) is 10.2 Å². The van der Waals surface area contributed by atoms with Crippen LogP contribution >= 0.6 is 0 Å². The Bertz CT molecular complexity index is 1380. The third-order valence-corrected chi connectivity index (χ3v) is 7.78. The highest BCUT2D eigenvalue weighted by molar-refractivity contribution is 5.81. The number of hydrogen-bond acceptors (Lipinski definition) is 7. The monoisotopic (exact) mass is 542 g/mol. The molecule has 40 heavy (non-hydrogen) atoms. The number of ether oxygens (including phenoxy) is 2. The zero-order chi connectivity index (χ0) is 28.1. The van der Waals surface area contributed by atoms with Gasteiger partial charge in [-0.25, -0.2) is 0 Å². The van der Waals surface area contributed by atoms with E-state index in [4.69, 9.17) is 19.0 Å². The fourth-order valence-corrected chi connectivity index (χ4v) is 5.94. The second-order valence-electron chi connectivity index (χ2n) is 11.0. The van der Waals surface area contributed by atoms with Crippen molar-refractivity contribution in [3.05, 3.63) is 53.1 Å². The second kappa shape index (κ2) is 12.6. The predicted molar refractivity (Wildman–Crippen MR) is 151 cm³/mol. The highest BCUT2D eigenvalue weighted by Gasteiger charge is 2.46. The van der Waals surface area contributed by atoms with E-state index < -0.39 is 0 Å². The number of aromatic nitrogens is 2. The van der Waals surface area contributed by atoms with E-state index in [1.165, 1.54) is 36.8 Å². The quantitative estimate of drug-likeness (QED) is 0.227. The summed E-state index contributed by atoms with van der Waals surface area (Å²) >= 11 is 0. The Morgan fingerprint density at radius 3 is 2.77 bits per heavy atom. The van der Waals surface area contributed by atoms with Crippen molar-refractivity contribution >= 4 is 5.91 Å². The molecule has 2 aliphatic rings. The highest BCUT2D eigenvalue weighted by Crippen LogP contribution is 2.49. The number of likely N-dealkylation sites (tertiary alicyclic amines) is 1. The Labute approximate surface area is 236 Å². The summed E-state index contributed by atoms with van der Waals surface area (Å²) in [5.41, 5.74) is 4.36. The summed E-state index contributed by atoms with van der Waals surface area (Å²) in [7, 11) is 0. The van der Waals surface area contributed by atoms with E-state index in [1.807, 2.05) is 36.9 Å². The van der Waals surface area contributed by atoms with Crippen LogP contribution in [0, 0.1) is 17.2 Å². The molecular weight excluding hydrogens is 504 g/mol. The van der Waals surface area contributed by atoms with Gasteiger partial charge in [0.1, 0.15) is 11.8 Å². The van der Waals surface area contributed by atoms with Crippen molar-refractivity contribution in [2.24, 2.45) is 5.92 Å². The fourth-order valence-electron chi connectivity index (χ4n) is 5.94. The van der Waals surface area contributed by atoms with Crippen LogP contribution in [0.1, 0.15) is 82.0 Å². The molecule has 2 aromatic carbocycles. The van der Waals surface area contributed by atoms with Gasteiger partial charge in [-0.3, -0.25) is 4.79 Å². The highest BCUT2D eigenvalue weighted by atomic mass is 16.5. The maximum absolute atomic E-state index is 12.9. The molecule has 0 bridgehead atoms. The molecule has 1 aliphatic heterocycles. The van der Waals surface area contributed by atoms with E-state index >= 15 is 0 Å². The third-order valence-electron chi connectivity index (χ3n) is 7.78. The summed E-state index contributed by atoms with van der Waals surface area (Å²) in [6.07, 6.45) is 7.38. The van der Waals surface area contributed by atoms with Crippen LogP contribution in [-0.4, -0.2) is 46.8 Å². The van der Waals surface area contributed by atoms with E-state index in [2.05, 4.69) is 24.2 Å². The number of hydrogen-bond donors (Lipinski definition) is 0. The number of fused-ring (bicyclic) bond motifs is 3. The Balaban J connectivity index is 1.29. The number of unbranched alkanes of at least 4 members (excludes halogenated alkanes) is 4. The molecule has 2 atom stereocenters. The van der Waals surface area contributed by atoms with Gasteiger partial charge in [0.2, 0.25) is 11.7 Å². The first-order valence-corrected chi connectivity index (χ1v) is 14.5. The Hall–Kier alpha value is -3.70. The first kappa shape index (κ1) is 27.9. The largest absolute Gasteiger partial charge is 0.490 e. The molecule has 8 heteroatoms. The summed E-state index contributed by atoms with van der Waals surface area (Å²) in [6, 6.07) is 13.7. The van der Waals surface area contributed by atoms with Gasteiger partial charge in [0.25, 0.3) is 5.89 Å². The van der Waals surface area contributed by atoms with E-state index in [0.29, 0.717) is 48.2 Å². The third kappa shape index (κ3) is 5.90. The lowest BCUT2D eigenvalue weighted by Crippen LogP contribution is -2.31. The van der Waals surface area contributed by atoms with Crippen LogP contribution < -0.4 is 4.74 Å². The maximum atomic E-state index is 12.9. The molecule has 1 aromatic heterocycles. The fraction of sp³-hybridized carbons (Fsp3) is 0.500. The van der Waals surface area contributed by atoms with Crippen LogP contribution in [0.3, 0.4) is 0 Å². The zero-order valence-electron chi connectivity index (χ0n) is 23.7. The number of benzene rings is 2. The molecule has 0 radical (unpaired) electrons. The lowest BCUT2D eigenvalue weighted by Gasteiger charge is -2.25. The molecule has 8 nitrogen and oxygen atoms in total. The molecular formula is C32H38N4O4. The van der Waals surface area contributed by atoms with Gasteiger partial charge in [-0.1, -0.05) is 56.0 Å². The van der Waals surface area contributed by atoms with Crippen molar-refractivity contribution < 1.29 is 18.8 Å². The van der Waals surface area contributed by atoms with Gasteiger partial charge in [0.15, 0.2) is 0 Å². The standard InChI is InChI=1S/C32H38N4O4/c1-4-5-6-7-8-15-38-16-14-36-29(37)19-23-18-27-25(30(23)36)10-9-11-26(27)31-34-32(40-35-31)22-12-13-28(39-21(2)3)24(17-22)20-33/h9-13,17,21,23,30H,4-8,14-16,18-19H2,1-3H3/t23-,30+/m0/s1. The number of nitriles is 1. The molecule has 2 heterocycles. The van der Waals surface area contributed by atoms with Gasteiger partial charge >= 0.3 is 0 Å². The molecule has 0 spiro atoms. The van der Waals surface area contributed by atoms with Crippen LogP contribution in [0.2, 0.25) is 0 Å². The van der Waals surface area contributed by atoms with Crippen molar-refractivity contribution in [2.75, 3.05) is 19.8 Å². The normalized spacial score (nSPS) is 17.8. The Morgan fingerprint density at radius 1 is 1.12 bits per heavy atom. The summed E-state index contributed by atoms with van der Waals surface area (Å²) in [5.74, 6) is 1.84. The molecule has 0 N–H and O–H groups in total. The van der Waals surface area contributed by atoms with Gasteiger partial charge in [0.05, 0.1) is 24.3 Å². The van der Waals surface area contributed by atoms with E-state index in [-0.39, 0.29) is 24.0 Å². The summed E-state index contributed by atoms with van der Waals surface area (Å²) in [6.45, 7) is 8.00. The number of carbonyl (C=O) groups excluding carboxylic acids is 1. The molecule has 1 amide bonds. The van der Waals surface area contributed by atoms with Gasteiger partial charge in [-0.15, -0.1) is 0 Å². The molecule has 210 valence electrons. The SMILES string of the molecule is CCCCCCCOCCN1C(=O)C[C@@H]2Cc3c(-c4noc(-c5ccc(OC(C)C)c(C#N)c5)n4)cccc3[C@@H]21. The topological polar surface area (TPSA) is 101 Å². The van der Waals surface area contributed by atoms with Gasteiger partial charge in [0, 0.05) is 30.7 Å². The molecule has 5 rings (SSSR count). The minimum absolute atomic E-state index is 0.0355. The van der Waals surface area contributed by atoms with Crippen molar-refractivity contribution in [2.45, 2.75) is 77.9 Å². The maximum Gasteiger partial charge on any atom is 0.258 e. The van der Waals surface area contributed by atoms with Crippen LogP contribution in [-0.2, 0) is 16.0 Å². The Kier molecular flexibility index (Phi) is 8.81. The predicted octanol–water partition coefficient (Wildman–Crippen LogP) is 6.50. The first-order valence-electron chi connectivity index (χ1n) is 14.5. The number of rotatable bonds is 13. The smallest absolute Gasteiger partial charge is 0.258 e. The van der Waals surface area contributed by atoms with Crippen LogP contribution in [0.4, 0.5) is 0 Å². The Morgan fingerprint density at radius 2 is 1.98 bits per heavy atom. The van der Waals surface area contributed by atoms with Gasteiger partial charge in [-0.05, 0) is 61.9 Å². The average molecular weight is 543 g/mol. The lowest BCUT2D eigenvalue weighted by molar-refractivity contribution is -0.129. The van der Waals surface area contributed by atoms with Crippen molar-refractivity contribution in [1.29, 1.82) is 5.26 Å². The molecule has 3 aromatic rings. The molecule has 1 saturated heterocycles. The zero-order valence-corrected chi connectivity index (χ0v) is 23.7. The summed E-state index contributed by atoms with van der Waals surface area (Å²) < 4.78 is 17.3. The lowest BCUT2D eigenvalue weighted by atomic mass is 10.0. The van der Waals surface area contributed by atoms with E-state index in [1.54, 1.807) is 12.1 Å². The molecule has 0 unspecified atom stereocenters. The van der Waals surface area contributed by atoms with Crippen LogP contribution in [0.25, 0.3) is 22.8 Å². The molecule has 1 fully saturated rings. The van der Waals surface area contributed by atoms with Crippen molar-refractivity contribution in [3.8, 4) is 34.7 Å². The number of carbonyl (C=O) groups is 1. The van der Waals surface area contributed by atoms with Crippen molar-refractivity contribution in [3.63, 3.8) is 0 Å². The van der Waals surface area contributed by atoms with E-state index in [0.717, 1.165) is 25.0 Å². The van der Waals surface area contributed by atoms with Gasteiger partial charge < -0.3 is 18.9 Å². The summed E-state index contributed by atoms with van der Waals surface area (Å²) in [5, 5.41) is 13.9. The van der Waals surface area contributed by atoms with Crippen molar-refractivity contribution in [1.82, 2.24) is 15.0 Å². The van der Waals surface area contributed by atoms with E-state index in [9.17, 15) is 10.1 Å². The average Bonchev–Trinajstić information content (AvgIpc) is 3.64. The minimum Gasteiger partial charge on any atom is -0.490 e. The number of amides is 1. The second-order valence-corrected chi connectivity index (χ2v) is 11.0. The summed E-state index contributed by atoms with van der Waals surface area (Å²) in [4.78, 5) is 19.6. The molecule has 0 saturated carbocycles. The minimum atomic E-state index is -0.0355. The van der Waals surface area contributed by atoms with Crippen LogP contribution in [0.5, 0.6) is 5.75 Å². The van der Waals surface area contributed by atoms with Crippen LogP contribution in [0.15, 0.2) is 40.9 Å². The number of nitrogens with zero attached hydrogens (tertiary/aromatic N) is 4.